The smallest absolute Gasteiger partial charge is 0.262 e. The molecular weight excluding hydrogens is 266 g/mol. The first-order chi connectivity index (χ1) is 9.81. The number of aromatic nitrogens is 1. The maximum absolute atomic E-state index is 11.9. The highest BCUT2D eigenvalue weighted by Crippen LogP contribution is 2.19. The Balaban J connectivity index is 2.78. The van der Waals surface area contributed by atoms with Crippen LogP contribution in [0.3, 0.4) is 0 Å². The summed E-state index contributed by atoms with van der Waals surface area (Å²) in [5.74, 6) is 1.18. The average Bonchev–Trinajstić information content (AvgIpc) is 2.40. The topological polar surface area (TPSA) is 54.5 Å². The number of carbonyl (C=O) groups excluding carboxylic acids is 1. The molecule has 0 saturated carbocycles. The highest BCUT2D eigenvalue weighted by Gasteiger charge is 2.18. The summed E-state index contributed by atoms with van der Waals surface area (Å²) in [6, 6.07) is 3.78. The molecule has 0 radical (unpaired) electrons. The molecule has 0 bridgehead atoms. The maximum Gasteiger partial charge on any atom is 0.262 e. The molecule has 0 fully saturated rings. The first-order valence-electron chi connectivity index (χ1n) is 7.36. The maximum atomic E-state index is 11.9. The van der Waals surface area contributed by atoms with E-state index < -0.39 is 6.10 Å². The number of hydrogen-bond donors (Lipinski definition) is 1. The highest BCUT2D eigenvalue weighted by molar-refractivity contribution is 5.80. The quantitative estimate of drug-likeness (QED) is 0.835. The van der Waals surface area contributed by atoms with Gasteiger partial charge in [0.1, 0.15) is 5.75 Å². The van der Waals surface area contributed by atoms with Crippen LogP contribution in [0.1, 0.15) is 32.2 Å². The van der Waals surface area contributed by atoms with E-state index in [0.29, 0.717) is 18.2 Å². The summed E-state index contributed by atoms with van der Waals surface area (Å²) in [6.45, 7) is 9.58. The predicted molar refractivity (Wildman–Crippen MR) is 84.3 cm³/mol. The Bertz CT molecular complexity index is 473. The molecule has 0 aliphatic heterocycles. The SMILES string of the molecule is Cc1ccc(OC(C)C(=O)N(C)C)c(CNCC(C)C)n1. The fraction of sp³-hybridized carbons (Fsp3) is 0.625. The zero-order valence-electron chi connectivity index (χ0n) is 13.9. The zero-order valence-corrected chi connectivity index (χ0v) is 13.9. The van der Waals surface area contributed by atoms with E-state index in [1.165, 1.54) is 4.90 Å². The molecule has 1 aromatic rings. The summed E-state index contributed by atoms with van der Waals surface area (Å²) in [4.78, 5) is 17.9. The van der Waals surface area contributed by atoms with Gasteiger partial charge in [-0.3, -0.25) is 9.78 Å². The monoisotopic (exact) mass is 293 g/mol. The van der Waals surface area contributed by atoms with Gasteiger partial charge in [0.15, 0.2) is 6.10 Å². The molecule has 0 aliphatic carbocycles. The molecule has 118 valence electrons. The number of rotatable bonds is 7. The largest absolute Gasteiger partial charge is 0.479 e. The van der Waals surface area contributed by atoms with Crippen molar-refractivity contribution in [2.75, 3.05) is 20.6 Å². The minimum atomic E-state index is -0.520. The number of ether oxygens (including phenoxy) is 1. The van der Waals surface area contributed by atoms with E-state index in [2.05, 4.69) is 24.1 Å². The Morgan fingerprint density at radius 1 is 1.33 bits per heavy atom. The van der Waals surface area contributed by atoms with Crippen LogP contribution in [0.25, 0.3) is 0 Å². The number of pyridine rings is 1. The van der Waals surface area contributed by atoms with Crippen molar-refractivity contribution >= 4 is 5.91 Å². The van der Waals surface area contributed by atoms with Gasteiger partial charge in [0.25, 0.3) is 5.91 Å². The third-order valence-corrected chi connectivity index (χ3v) is 3.01. The molecule has 1 N–H and O–H groups in total. The normalized spacial score (nSPS) is 12.3. The summed E-state index contributed by atoms with van der Waals surface area (Å²) in [6.07, 6.45) is -0.520. The number of nitrogens with zero attached hydrogens (tertiary/aromatic N) is 2. The van der Waals surface area contributed by atoms with Gasteiger partial charge in [0.05, 0.1) is 5.69 Å². The van der Waals surface area contributed by atoms with Crippen molar-refractivity contribution in [3.63, 3.8) is 0 Å². The van der Waals surface area contributed by atoms with Gasteiger partial charge in [-0.2, -0.15) is 0 Å². The Morgan fingerprint density at radius 2 is 2.00 bits per heavy atom. The number of aryl methyl sites for hydroxylation is 1. The van der Waals surface area contributed by atoms with Crippen molar-refractivity contribution in [2.24, 2.45) is 5.92 Å². The fourth-order valence-electron chi connectivity index (χ4n) is 1.92. The van der Waals surface area contributed by atoms with E-state index in [1.54, 1.807) is 21.0 Å². The van der Waals surface area contributed by atoms with Crippen LogP contribution in [0, 0.1) is 12.8 Å². The molecule has 5 heteroatoms. The van der Waals surface area contributed by atoms with Gasteiger partial charge in [0, 0.05) is 26.3 Å². The number of hydrogen-bond acceptors (Lipinski definition) is 4. The van der Waals surface area contributed by atoms with E-state index in [0.717, 1.165) is 17.9 Å². The molecule has 1 atom stereocenters. The van der Waals surface area contributed by atoms with Crippen molar-refractivity contribution in [1.29, 1.82) is 0 Å². The second kappa shape index (κ2) is 7.98. The lowest BCUT2D eigenvalue weighted by atomic mass is 10.2. The van der Waals surface area contributed by atoms with Crippen molar-refractivity contribution in [2.45, 2.75) is 40.3 Å². The van der Waals surface area contributed by atoms with Crippen LogP contribution < -0.4 is 10.1 Å². The molecule has 0 spiro atoms. The number of likely N-dealkylation sites (N-methyl/N-ethyl adjacent to an activating group) is 1. The Kier molecular flexibility index (Phi) is 6.62. The predicted octanol–water partition coefficient (Wildman–Crippen LogP) is 1.99. The van der Waals surface area contributed by atoms with Crippen LogP contribution in [-0.4, -0.2) is 42.5 Å². The van der Waals surface area contributed by atoms with Gasteiger partial charge in [-0.05, 0) is 38.4 Å². The molecule has 1 aromatic heterocycles. The van der Waals surface area contributed by atoms with Gasteiger partial charge in [-0.25, -0.2) is 0 Å². The zero-order chi connectivity index (χ0) is 16.0. The lowest BCUT2D eigenvalue weighted by molar-refractivity contribution is -0.135. The van der Waals surface area contributed by atoms with Crippen molar-refractivity contribution in [3.05, 3.63) is 23.5 Å². The first kappa shape index (κ1) is 17.4. The first-order valence-corrected chi connectivity index (χ1v) is 7.36. The third kappa shape index (κ3) is 5.71. The van der Waals surface area contributed by atoms with Crippen LogP contribution in [-0.2, 0) is 11.3 Å². The lowest BCUT2D eigenvalue weighted by Gasteiger charge is -2.20. The molecule has 0 aromatic carbocycles. The molecule has 1 unspecified atom stereocenters. The standard InChI is InChI=1S/C16H27N3O2/c1-11(2)9-17-10-14-15(8-7-12(3)18-14)21-13(4)16(20)19(5)6/h7-8,11,13,17H,9-10H2,1-6H3. The molecule has 5 nitrogen and oxygen atoms in total. The Hall–Kier alpha value is -1.62. The summed E-state index contributed by atoms with van der Waals surface area (Å²) < 4.78 is 5.79. The van der Waals surface area contributed by atoms with Crippen molar-refractivity contribution in [3.8, 4) is 5.75 Å². The van der Waals surface area contributed by atoms with E-state index >= 15 is 0 Å². The Labute approximate surface area is 127 Å². The van der Waals surface area contributed by atoms with Crippen LogP contribution in [0.4, 0.5) is 0 Å². The van der Waals surface area contributed by atoms with Crippen molar-refractivity contribution < 1.29 is 9.53 Å². The van der Waals surface area contributed by atoms with Gasteiger partial charge in [0.2, 0.25) is 0 Å². The number of carbonyl (C=O) groups is 1. The van der Waals surface area contributed by atoms with Crippen LogP contribution in [0.2, 0.25) is 0 Å². The average molecular weight is 293 g/mol. The molecule has 1 amide bonds. The molecule has 21 heavy (non-hydrogen) atoms. The minimum Gasteiger partial charge on any atom is -0.479 e. The third-order valence-electron chi connectivity index (χ3n) is 3.01. The molecule has 1 rings (SSSR count). The number of nitrogens with one attached hydrogen (secondary N) is 1. The molecular formula is C16H27N3O2. The number of amides is 1. The fourth-order valence-corrected chi connectivity index (χ4v) is 1.92. The summed E-state index contributed by atoms with van der Waals surface area (Å²) in [5, 5.41) is 3.36. The van der Waals surface area contributed by atoms with E-state index in [-0.39, 0.29) is 5.91 Å². The second-order valence-corrected chi connectivity index (χ2v) is 5.91. The summed E-state index contributed by atoms with van der Waals surface area (Å²) >= 11 is 0. The highest BCUT2D eigenvalue weighted by atomic mass is 16.5. The van der Waals surface area contributed by atoms with Crippen LogP contribution in [0.15, 0.2) is 12.1 Å². The van der Waals surface area contributed by atoms with E-state index in [1.807, 2.05) is 19.1 Å². The summed E-state index contributed by atoms with van der Waals surface area (Å²) in [5.41, 5.74) is 1.78. The second-order valence-electron chi connectivity index (χ2n) is 5.91. The molecule has 0 aliphatic rings. The summed E-state index contributed by atoms with van der Waals surface area (Å²) in [7, 11) is 3.45. The minimum absolute atomic E-state index is 0.0586. The lowest BCUT2D eigenvalue weighted by Crippen LogP contribution is -2.35. The van der Waals surface area contributed by atoms with Crippen LogP contribution in [0.5, 0.6) is 5.75 Å². The van der Waals surface area contributed by atoms with Crippen LogP contribution >= 0.6 is 0 Å². The van der Waals surface area contributed by atoms with Gasteiger partial charge in [-0.1, -0.05) is 13.8 Å². The van der Waals surface area contributed by atoms with E-state index in [9.17, 15) is 4.79 Å². The van der Waals surface area contributed by atoms with Gasteiger partial charge >= 0.3 is 0 Å². The van der Waals surface area contributed by atoms with Gasteiger partial charge in [-0.15, -0.1) is 0 Å². The molecule has 1 heterocycles. The van der Waals surface area contributed by atoms with Crippen molar-refractivity contribution in [1.82, 2.24) is 15.2 Å². The van der Waals surface area contributed by atoms with Gasteiger partial charge < -0.3 is 15.0 Å². The Morgan fingerprint density at radius 3 is 2.57 bits per heavy atom. The molecule has 0 saturated heterocycles. The van der Waals surface area contributed by atoms with E-state index in [4.69, 9.17) is 4.74 Å².